The summed E-state index contributed by atoms with van der Waals surface area (Å²) in [6.45, 7) is 0.867. The summed E-state index contributed by atoms with van der Waals surface area (Å²) >= 11 is 6.09. The van der Waals surface area contributed by atoms with Crippen LogP contribution in [-0.2, 0) is 10.2 Å². The Morgan fingerprint density at radius 2 is 1.79 bits per heavy atom. The standard InChI is InChI=1S/C14H15ClO4/c15-10-4-3-9(11-12(10)19-8-7-18-11)14(13(16)17)5-1-2-6-14/h3-4H,1-2,5-8H2,(H,16,17). The summed E-state index contributed by atoms with van der Waals surface area (Å²) in [5.74, 6) is 0.213. The maximum Gasteiger partial charge on any atom is 0.314 e. The van der Waals surface area contributed by atoms with Crippen LogP contribution in [-0.4, -0.2) is 24.3 Å². The topological polar surface area (TPSA) is 55.8 Å². The van der Waals surface area contributed by atoms with Crippen molar-refractivity contribution in [1.29, 1.82) is 0 Å². The molecule has 1 aromatic rings. The van der Waals surface area contributed by atoms with Crippen molar-refractivity contribution in [2.24, 2.45) is 0 Å². The van der Waals surface area contributed by atoms with Crippen molar-refractivity contribution < 1.29 is 19.4 Å². The number of fused-ring (bicyclic) bond motifs is 1. The molecule has 0 bridgehead atoms. The minimum absolute atomic E-state index is 0.427. The van der Waals surface area contributed by atoms with Crippen LogP contribution in [0.3, 0.4) is 0 Å². The van der Waals surface area contributed by atoms with E-state index in [1.165, 1.54) is 0 Å². The van der Waals surface area contributed by atoms with Gasteiger partial charge >= 0.3 is 5.97 Å². The molecule has 1 N–H and O–H groups in total. The quantitative estimate of drug-likeness (QED) is 0.906. The first kappa shape index (κ1) is 12.6. The Morgan fingerprint density at radius 1 is 1.16 bits per heavy atom. The molecular weight excluding hydrogens is 268 g/mol. The number of hydrogen-bond donors (Lipinski definition) is 1. The van der Waals surface area contributed by atoms with Crippen LogP contribution in [0.2, 0.25) is 5.02 Å². The second-order valence-corrected chi connectivity index (χ2v) is 5.45. The lowest BCUT2D eigenvalue weighted by Crippen LogP contribution is -2.34. The molecule has 19 heavy (non-hydrogen) atoms. The maximum absolute atomic E-state index is 11.8. The van der Waals surface area contributed by atoms with Gasteiger partial charge in [0.15, 0.2) is 11.5 Å². The van der Waals surface area contributed by atoms with Gasteiger partial charge in [-0.05, 0) is 18.9 Å². The van der Waals surface area contributed by atoms with Crippen molar-refractivity contribution >= 4 is 17.6 Å². The third-order valence-corrected chi connectivity index (χ3v) is 4.32. The highest BCUT2D eigenvalue weighted by Crippen LogP contribution is 2.50. The molecule has 1 saturated carbocycles. The zero-order chi connectivity index (χ0) is 13.5. The van der Waals surface area contributed by atoms with Crippen LogP contribution in [0.4, 0.5) is 0 Å². The first-order valence-electron chi connectivity index (χ1n) is 6.47. The van der Waals surface area contributed by atoms with E-state index in [1.54, 1.807) is 12.1 Å². The van der Waals surface area contributed by atoms with Crippen LogP contribution in [0.15, 0.2) is 12.1 Å². The Labute approximate surface area is 116 Å². The lowest BCUT2D eigenvalue weighted by molar-refractivity contribution is -0.143. The highest BCUT2D eigenvalue weighted by molar-refractivity contribution is 6.32. The van der Waals surface area contributed by atoms with Crippen LogP contribution in [0.1, 0.15) is 31.2 Å². The van der Waals surface area contributed by atoms with Gasteiger partial charge in [0.25, 0.3) is 0 Å². The van der Waals surface area contributed by atoms with Crippen LogP contribution < -0.4 is 9.47 Å². The average Bonchev–Trinajstić information content (AvgIpc) is 2.90. The van der Waals surface area contributed by atoms with Gasteiger partial charge in [-0.15, -0.1) is 0 Å². The molecule has 0 radical (unpaired) electrons. The molecular formula is C14H15ClO4. The van der Waals surface area contributed by atoms with Crippen molar-refractivity contribution in [3.63, 3.8) is 0 Å². The Morgan fingerprint density at radius 3 is 2.42 bits per heavy atom. The fourth-order valence-corrected chi connectivity index (χ4v) is 3.26. The van der Waals surface area contributed by atoms with E-state index in [0.29, 0.717) is 48.1 Å². The number of benzene rings is 1. The molecule has 0 aromatic heterocycles. The Balaban J connectivity index is 2.17. The van der Waals surface area contributed by atoms with Gasteiger partial charge in [-0.25, -0.2) is 0 Å². The van der Waals surface area contributed by atoms with Crippen molar-refractivity contribution in [1.82, 2.24) is 0 Å². The lowest BCUT2D eigenvalue weighted by atomic mass is 9.78. The fraction of sp³-hybridized carbons (Fsp3) is 0.500. The van der Waals surface area contributed by atoms with Gasteiger partial charge in [0.1, 0.15) is 13.2 Å². The molecule has 0 amide bonds. The van der Waals surface area contributed by atoms with Crippen LogP contribution in [0.5, 0.6) is 11.5 Å². The summed E-state index contributed by atoms with van der Waals surface area (Å²) in [6, 6.07) is 3.47. The lowest BCUT2D eigenvalue weighted by Gasteiger charge is -2.30. The largest absolute Gasteiger partial charge is 0.486 e. The predicted octanol–water partition coefficient (Wildman–Crippen LogP) is 3.01. The van der Waals surface area contributed by atoms with Crippen molar-refractivity contribution in [2.45, 2.75) is 31.1 Å². The molecule has 1 aliphatic heterocycles. The molecule has 3 rings (SSSR count). The minimum atomic E-state index is -0.852. The van der Waals surface area contributed by atoms with E-state index < -0.39 is 11.4 Å². The van der Waals surface area contributed by atoms with Gasteiger partial charge in [-0.3, -0.25) is 4.79 Å². The first-order valence-corrected chi connectivity index (χ1v) is 6.85. The Bertz CT molecular complexity index is 520. The van der Waals surface area contributed by atoms with E-state index in [9.17, 15) is 9.90 Å². The van der Waals surface area contributed by atoms with Gasteiger partial charge in [0.2, 0.25) is 0 Å². The van der Waals surface area contributed by atoms with Crippen LogP contribution >= 0.6 is 11.6 Å². The summed E-state index contributed by atoms with van der Waals surface area (Å²) in [4.78, 5) is 11.8. The van der Waals surface area contributed by atoms with Gasteiger partial charge in [-0.2, -0.15) is 0 Å². The highest BCUT2D eigenvalue weighted by Gasteiger charge is 2.46. The van der Waals surface area contributed by atoms with E-state index in [2.05, 4.69) is 0 Å². The number of carboxylic acid groups (broad SMARTS) is 1. The van der Waals surface area contributed by atoms with Gasteiger partial charge in [0, 0.05) is 5.56 Å². The number of hydrogen-bond acceptors (Lipinski definition) is 3. The molecule has 0 saturated heterocycles. The summed E-state index contributed by atoms with van der Waals surface area (Å²) < 4.78 is 11.2. The molecule has 1 aliphatic carbocycles. The number of carboxylic acids is 1. The van der Waals surface area contributed by atoms with Crippen molar-refractivity contribution in [2.75, 3.05) is 13.2 Å². The normalized spacial score (nSPS) is 20.3. The second kappa shape index (κ2) is 4.60. The zero-order valence-electron chi connectivity index (χ0n) is 10.4. The molecule has 1 fully saturated rings. The molecule has 102 valence electrons. The fourth-order valence-electron chi connectivity index (χ4n) is 3.06. The summed E-state index contributed by atoms with van der Waals surface area (Å²) in [5.41, 5.74) is -0.147. The molecule has 2 aliphatic rings. The van der Waals surface area contributed by atoms with E-state index in [0.717, 1.165) is 12.8 Å². The number of ether oxygens (including phenoxy) is 2. The summed E-state index contributed by atoms with van der Waals surface area (Å²) in [7, 11) is 0. The zero-order valence-corrected chi connectivity index (χ0v) is 11.2. The monoisotopic (exact) mass is 282 g/mol. The maximum atomic E-state index is 11.8. The number of halogens is 1. The second-order valence-electron chi connectivity index (χ2n) is 5.04. The van der Waals surface area contributed by atoms with E-state index >= 15 is 0 Å². The molecule has 5 heteroatoms. The van der Waals surface area contributed by atoms with Gasteiger partial charge in [0.05, 0.1) is 10.4 Å². The Kier molecular flexibility index (Phi) is 3.05. The molecule has 0 atom stereocenters. The third kappa shape index (κ3) is 1.86. The molecule has 1 aromatic carbocycles. The van der Waals surface area contributed by atoms with Crippen LogP contribution in [0.25, 0.3) is 0 Å². The molecule has 0 spiro atoms. The summed E-state index contributed by atoms with van der Waals surface area (Å²) in [5, 5.41) is 10.1. The summed E-state index contributed by atoms with van der Waals surface area (Å²) in [6.07, 6.45) is 3.12. The van der Waals surface area contributed by atoms with Crippen molar-refractivity contribution in [3.05, 3.63) is 22.7 Å². The molecule has 1 heterocycles. The van der Waals surface area contributed by atoms with Gasteiger partial charge in [-0.1, -0.05) is 30.5 Å². The first-order chi connectivity index (χ1) is 9.15. The van der Waals surface area contributed by atoms with Gasteiger partial charge < -0.3 is 14.6 Å². The smallest absolute Gasteiger partial charge is 0.314 e. The molecule has 0 unspecified atom stereocenters. The van der Waals surface area contributed by atoms with Crippen LogP contribution in [0, 0.1) is 0 Å². The SMILES string of the molecule is O=C(O)C1(c2ccc(Cl)c3c2OCCO3)CCCC1. The minimum Gasteiger partial charge on any atom is -0.486 e. The van der Waals surface area contributed by atoms with Crippen molar-refractivity contribution in [3.8, 4) is 11.5 Å². The predicted molar refractivity (Wildman–Crippen MR) is 70.2 cm³/mol. The highest BCUT2D eigenvalue weighted by atomic mass is 35.5. The molecule has 4 nitrogen and oxygen atoms in total. The van der Waals surface area contributed by atoms with E-state index in [4.69, 9.17) is 21.1 Å². The number of aliphatic carboxylic acids is 1. The van der Waals surface area contributed by atoms with E-state index in [-0.39, 0.29) is 0 Å². The number of rotatable bonds is 2. The number of carbonyl (C=O) groups is 1. The van der Waals surface area contributed by atoms with E-state index in [1.807, 2.05) is 0 Å². The Hall–Kier alpha value is -1.42. The average molecular weight is 283 g/mol. The third-order valence-electron chi connectivity index (χ3n) is 4.02.